The SMILES string of the molecule is O=C(NO)C1(S(=O)(=O)N2CCN(c3ccc(OCCN4CCCC4)cc3)CC2)CCOCC1. The topological polar surface area (TPSA) is 112 Å². The molecule has 0 unspecified atom stereocenters. The second kappa shape index (κ2) is 10.6. The number of benzene rings is 1. The van der Waals surface area contributed by atoms with Crippen molar-refractivity contribution in [3.63, 3.8) is 0 Å². The Morgan fingerprint density at radius 1 is 1.03 bits per heavy atom. The summed E-state index contributed by atoms with van der Waals surface area (Å²) in [7, 11) is -3.96. The van der Waals surface area contributed by atoms with E-state index in [1.54, 1.807) is 5.48 Å². The molecular weight excluding hydrogens is 448 g/mol. The van der Waals surface area contributed by atoms with Crippen molar-refractivity contribution < 1.29 is 27.9 Å². The number of ether oxygens (including phenoxy) is 2. The average molecular weight is 483 g/mol. The van der Waals surface area contributed by atoms with Crippen LogP contribution in [-0.2, 0) is 19.6 Å². The Balaban J connectivity index is 1.32. The van der Waals surface area contributed by atoms with Gasteiger partial charge < -0.3 is 14.4 Å². The minimum Gasteiger partial charge on any atom is -0.492 e. The fourth-order valence-electron chi connectivity index (χ4n) is 4.89. The normalized spacial score (nSPS) is 22.3. The molecule has 3 aliphatic rings. The lowest BCUT2D eigenvalue weighted by atomic mass is 9.98. The van der Waals surface area contributed by atoms with Gasteiger partial charge in [-0.2, -0.15) is 4.31 Å². The van der Waals surface area contributed by atoms with Crippen LogP contribution >= 0.6 is 0 Å². The maximum absolute atomic E-state index is 13.4. The summed E-state index contributed by atoms with van der Waals surface area (Å²) in [6, 6.07) is 7.89. The molecule has 3 heterocycles. The Labute approximate surface area is 195 Å². The molecule has 4 rings (SSSR count). The van der Waals surface area contributed by atoms with Crippen LogP contribution in [0.3, 0.4) is 0 Å². The quantitative estimate of drug-likeness (QED) is 0.411. The van der Waals surface area contributed by atoms with Crippen molar-refractivity contribution in [1.29, 1.82) is 0 Å². The van der Waals surface area contributed by atoms with Gasteiger partial charge in [0.15, 0.2) is 4.75 Å². The molecule has 10 nitrogen and oxygen atoms in total. The van der Waals surface area contributed by atoms with Crippen LogP contribution < -0.4 is 15.1 Å². The van der Waals surface area contributed by atoms with Gasteiger partial charge in [-0.1, -0.05) is 0 Å². The van der Waals surface area contributed by atoms with Gasteiger partial charge in [0.2, 0.25) is 10.0 Å². The molecule has 33 heavy (non-hydrogen) atoms. The van der Waals surface area contributed by atoms with E-state index in [2.05, 4.69) is 9.80 Å². The first-order chi connectivity index (χ1) is 16.0. The highest BCUT2D eigenvalue weighted by molar-refractivity contribution is 7.91. The van der Waals surface area contributed by atoms with Gasteiger partial charge in [0, 0.05) is 64.5 Å². The summed E-state index contributed by atoms with van der Waals surface area (Å²) in [5.74, 6) is -0.0517. The van der Waals surface area contributed by atoms with E-state index in [9.17, 15) is 18.4 Å². The smallest absolute Gasteiger partial charge is 0.266 e. The van der Waals surface area contributed by atoms with E-state index >= 15 is 0 Å². The molecule has 0 bridgehead atoms. The van der Waals surface area contributed by atoms with Crippen molar-refractivity contribution in [1.82, 2.24) is 14.7 Å². The number of rotatable bonds is 8. The Morgan fingerprint density at radius 3 is 2.27 bits per heavy atom. The predicted molar refractivity (Wildman–Crippen MR) is 123 cm³/mol. The van der Waals surface area contributed by atoms with Crippen LogP contribution in [0.15, 0.2) is 24.3 Å². The molecule has 1 aromatic carbocycles. The highest BCUT2D eigenvalue weighted by Crippen LogP contribution is 2.34. The molecule has 1 aromatic rings. The van der Waals surface area contributed by atoms with Crippen molar-refractivity contribution in [2.45, 2.75) is 30.4 Å². The van der Waals surface area contributed by atoms with Gasteiger partial charge in [0.25, 0.3) is 5.91 Å². The number of hydrogen-bond donors (Lipinski definition) is 2. The lowest BCUT2D eigenvalue weighted by molar-refractivity contribution is -0.134. The van der Waals surface area contributed by atoms with Gasteiger partial charge in [-0.05, 0) is 50.2 Å². The van der Waals surface area contributed by atoms with Crippen LogP contribution in [0.2, 0.25) is 0 Å². The van der Waals surface area contributed by atoms with Crippen molar-refractivity contribution >= 4 is 21.6 Å². The minimum absolute atomic E-state index is 0.0289. The Bertz CT molecular complexity index is 890. The summed E-state index contributed by atoms with van der Waals surface area (Å²) in [6.45, 7) is 5.84. The number of nitrogens with one attached hydrogen (secondary N) is 1. The molecule has 0 atom stereocenters. The number of anilines is 1. The first-order valence-electron chi connectivity index (χ1n) is 11.7. The second-order valence-corrected chi connectivity index (χ2v) is 11.1. The van der Waals surface area contributed by atoms with Crippen molar-refractivity contribution in [3.8, 4) is 5.75 Å². The van der Waals surface area contributed by atoms with E-state index in [4.69, 9.17) is 9.47 Å². The van der Waals surface area contributed by atoms with Gasteiger partial charge in [-0.25, -0.2) is 13.9 Å². The molecule has 1 amide bonds. The minimum atomic E-state index is -3.96. The fraction of sp³-hybridized carbons (Fsp3) is 0.682. The fourth-order valence-corrected chi connectivity index (χ4v) is 6.99. The number of likely N-dealkylation sites (tertiary alicyclic amines) is 1. The highest BCUT2D eigenvalue weighted by Gasteiger charge is 2.54. The molecular formula is C22H34N4O6S. The first kappa shape index (κ1) is 24.2. The summed E-state index contributed by atoms with van der Waals surface area (Å²) < 4.78 is 37.6. The second-order valence-electron chi connectivity index (χ2n) is 8.83. The number of nitrogens with zero attached hydrogens (tertiary/aromatic N) is 3. The van der Waals surface area contributed by atoms with Crippen LogP contribution in [0.4, 0.5) is 5.69 Å². The molecule has 2 N–H and O–H groups in total. The van der Waals surface area contributed by atoms with Crippen molar-refractivity contribution in [3.05, 3.63) is 24.3 Å². The predicted octanol–water partition coefficient (Wildman–Crippen LogP) is 0.668. The molecule has 3 saturated heterocycles. The summed E-state index contributed by atoms with van der Waals surface area (Å²) >= 11 is 0. The zero-order valence-corrected chi connectivity index (χ0v) is 19.8. The van der Waals surface area contributed by atoms with E-state index in [-0.39, 0.29) is 39.1 Å². The molecule has 11 heteroatoms. The maximum atomic E-state index is 13.4. The zero-order valence-electron chi connectivity index (χ0n) is 18.9. The molecule has 0 spiro atoms. The van der Waals surface area contributed by atoms with Gasteiger partial charge in [0.05, 0.1) is 0 Å². The Kier molecular flexibility index (Phi) is 7.75. The highest BCUT2D eigenvalue weighted by atomic mass is 32.2. The van der Waals surface area contributed by atoms with E-state index < -0.39 is 20.7 Å². The number of piperazine rings is 1. The van der Waals surface area contributed by atoms with Crippen molar-refractivity contribution in [2.24, 2.45) is 0 Å². The van der Waals surface area contributed by atoms with Crippen LogP contribution in [0, 0.1) is 0 Å². The van der Waals surface area contributed by atoms with Crippen LogP contribution in [0.1, 0.15) is 25.7 Å². The van der Waals surface area contributed by atoms with E-state index in [1.807, 2.05) is 24.3 Å². The number of hydrogen-bond acceptors (Lipinski definition) is 8. The monoisotopic (exact) mass is 482 g/mol. The van der Waals surface area contributed by atoms with Gasteiger partial charge in [0.1, 0.15) is 12.4 Å². The average Bonchev–Trinajstić information content (AvgIpc) is 3.38. The Hall–Kier alpha value is -1.92. The van der Waals surface area contributed by atoms with Crippen molar-refractivity contribution in [2.75, 3.05) is 70.5 Å². The molecule has 0 radical (unpaired) electrons. The number of carbonyl (C=O) groups is 1. The number of amides is 1. The van der Waals surface area contributed by atoms with Crippen LogP contribution in [0.5, 0.6) is 5.75 Å². The van der Waals surface area contributed by atoms with E-state index in [1.165, 1.54) is 17.1 Å². The largest absolute Gasteiger partial charge is 0.492 e. The first-order valence-corrected chi connectivity index (χ1v) is 13.1. The molecule has 3 aliphatic heterocycles. The molecule has 0 saturated carbocycles. The molecule has 0 aromatic heterocycles. The van der Waals surface area contributed by atoms with Gasteiger partial charge in [-0.3, -0.25) is 14.9 Å². The molecule has 3 fully saturated rings. The zero-order chi connectivity index (χ0) is 23.3. The summed E-state index contributed by atoms with van der Waals surface area (Å²) in [6.07, 6.45) is 2.60. The third-order valence-corrected chi connectivity index (χ3v) is 9.59. The summed E-state index contributed by atoms with van der Waals surface area (Å²) in [5, 5.41) is 9.19. The standard InChI is InChI=1S/C22H34N4O6S/c27-21(23-28)22(7-16-31-17-8-22)33(29,30)26-13-11-25(12-14-26)19-3-5-20(6-4-19)32-18-15-24-9-1-2-10-24/h3-6,28H,1-2,7-18H2,(H,23,27). The van der Waals surface area contributed by atoms with E-state index in [0.717, 1.165) is 31.1 Å². The van der Waals surface area contributed by atoms with Crippen LogP contribution in [-0.4, -0.2) is 99.1 Å². The molecule has 0 aliphatic carbocycles. The number of hydroxylamine groups is 1. The van der Waals surface area contributed by atoms with E-state index in [0.29, 0.717) is 19.7 Å². The number of carbonyl (C=O) groups excluding carboxylic acids is 1. The van der Waals surface area contributed by atoms with Gasteiger partial charge in [-0.15, -0.1) is 0 Å². The number of sulfonamides is 1. The third-order valence-electron chi connectivity index (χ3n) is 6.96. The summed E-state index contributed by atoms with van der Waals surface area (Å²) in [5.41, 5.74) is 2.57. The lowest BCUT2D eigenvalue weighted by Gasteiger charge is -2.42. The third kappa shape index (κ3) is 5.12. The summed E-state index contributed by atoms with van der Waals surface area (Å²) in [4.78, 5) is 16.9. The molecule has 184 valence electrons. The Morgan fingerprint density at radius 2 is 1.67 bits per heavy atom. The maximum Gasteiger partial charge on any atom is 0.266 e. The van der Waals surface area contributed by atoms with Crippen LogP contribution in [0.25, 0.3) is 0 Å². The van der Waals surface area contributed by atoms with Gasteiger partial charge >= 0.3 is 0 Å². The lowest BCUT2D eigenvalue weighted by Crippen LogP contribution is -2.62.